The summed E-state index contributed by atoms with van der Waals surface area (Å²) in [5.74, 6) is 0.542. The molecule has 12 heteroatoms. The van der Waals surface area contributed by atoms with Gasteiger partial charge in [-0.1, -0.05) is 50.6 Å². The largest absolute Gasteiger partial charge is 0.493 e. The molecule has 0 aliphatic carbocycles. The van der Waals surface area contributed by atoms with Gasteiger partial charge in [-0.2, -0.15) is 4.98 Å². The number of hydrogen-bond acceptors (Lipinski definition) is 9. The fraction of sp³-hybridized carbons (Fsp3) is 0.400. The number of aryl methyl sites for hydroxylation is 1. The molecular formula is C25H33N5O5S2. The third-order valence-electron chi connectivity index (χ3n) is 5.85. The van der Waals surface area contributed by atoms with Gasteiger partial charge >= 0.3 is 12.0 Å². The maximum absolute atomic E-state index is 12.5. The average Bonchev–Trinajstić information content (AvgIpc) is 3.33. The molecule has 2 aromatic carbocycles. The number of hydrogen-bond donors (Lipinski definition) is 4. The van der Waals surface area contributed by atoms with Crippen LogP contribution in [0.25, 0.3) is 0 Å². The molecule has 0 unspecified atom stereocenters. The van der Waals surface area contributed by atoms with Crippen LogP contribution in [0.4, 0.5) is 10.8 Å². The molecule has 1 aromatic heterocycles. The molecule has 0 aliphatic rings. The number of benzene rings is 2. The maximum atomic E-state index is 12.5. The van der Waals surface area contributed by atoms with Crippen molar-refractivity contribution >= 4 is 34.5 Å². The van der Waals surface area contributed by atoms with Gasteiger partial charge < -0.3 is 14.6 Å². The third-order valence-corrected chi connectivity index (χ3v) is 7.56. The first-order chi connectivity index (χ1) is 17.5. The van der Waals surface area contributed by atoms with Gasteiger partial charge in [0.1, 0.15) is 5.75 Å². The number of anilines is 1. The predicted molar refractivity (Wildman–Crippen MR) is 144 cm³/mol. The van der Waals surface area contributed by atoms with Crippen molar-refractivity contribution in [2.45, 2.75) is 61.8 Å². The minimum atomic E-state index is -3.84. The number of hydrazine groups is 1. The molecule has 200 valence electrons. The van der Waals surface area contributed by atoms with Gasteiger partial charge in [0.2, 0.25) is 9.84 Å². The van der Waals surface area contributed by atoms with Gasteiger partial charge in [-0.05, 0) is 59.7 Å². The highest BCUT2D eigenvalue weighted by molar-refractivity contribution is 7.90. The van der Waals surface area contributed by atoms with Gasteiger partial charge in [0.25, 0.3) is 5.16 Å². The molecule has 0 atom stereocenters. The van der Waals surface area contributed by atoms with Crippen molar-refractivity contribution in [3.8, 4) is 5.75 Å². The molecule has 10 nitrogen and oxygen atoms in total. The van der Waals surface area contributed by atoms with Gasteiger partial charge in [-0.15, -0.1) is 12.6 Å². The molecule has 37 heavy (non-hydrogen) atoms. The highest BCUT2D eigenvalue weighted by atomic mass is 32.2. The van der Waals surface area contributed by atoms with Crippen molar-refractivity contribution in [2.24, 2.45) is 0 Å². The van der Waals surface area contributed by atoms with Gasteiger partial charge in [0.15, 0.2) is 0 Å². The second-order valence-electron chi connectivity index (χ2n) is 9.26. The van der Waals surface area contributed by atoms with Crippen LogP contribution in [0.5, 0.6) is 5.75 Å². The molecule has 3 N–H and O–H groups in total. The van der Waals surface area contributed by atoms with E-state index < -0.39 is 21.0 Å². The molecule has 0 bridgehead atoms. The summed E-state index contributed by atoms with van der Waals surface area (Å²) in [5, 5.41) is 5.68. The highest BCUT2D eigenvalue weighted by Gasteiger charge is 2.24. The summed E-state index contributed by atoms with van der Waals surface area (Å²) < 4.78 is 35.9. The summed E-state index contributed by atoms with van der Waals surface area (Å²) in [6, 6.07) is 12.1. The number of carbonyl (C=O) groups excluding carboxylic acids is 1. The van der Waals surface area contributed by atoms with Gasteiger partial charge in [0, 0.05) is 11.4 Å². The number of thiol groups is 1. The second-order valence-corrected chi connectivity index (χ2v) is 11.7. The zero-order chi connectivity index (χ0) is 27.1. The molecule has 2 amide bonds. The Balaban J connectivity index is 1.42. The minimum absolute atomic E-state index is 0.00337. The number of amides is 2. The van der Waals surface area contributed by atoms with Gasteiger partial charge in [-0.25, -0.2) is 24.1 Å². The zero-order valence-corrected chi connectivity index (χ0v) is 23.1. The van der Waals surface area contributed by atoms with Crippen molar-refractivity contribution in [2.75, 3.05) is 18.6 Å². The first-order valence-electron chi connectivity index (χ1n) is 11.9. The van der Waals surface area contributed by atoms with E-state index in [2.05, 4.69) is 72.7 Å². The van der Waals surface area contributed by atoms with E-state index in [0.717, 1.165) is 12.2 Å². The number of nitrogens with zero attached hydrogens (tertiary/aromatic N) is 2. The fourth-order valence-electron chi connectivity index (χ4n) is 3.42. The summed E-state index contributed by atoms with van der Waals surface area (Å²) >= 11 is 4.21. The van der Waals surface area contributed by atoms with E-state index in [1.807, 2.05) is 12.1 Å². The maximum Gasteiger partial charge on any atom is 0.341 e. The zero-order valence-electron chi connectivity index (χ0n) is 21.4. The van der Waals surface area contributed by atoms with Crippen molar-refractivity contribution in [1.82, 2.24) is 20.9 Å². The number of sulfone groups is 1. The van der Waals surface area contributed by atoms with Crippen LogP contribution < -0.4 is 20.9 Å². The lowest BCUT2D eigenvalue weighted by Gasteiger charge is -2.26. The third kappa shape index (κ3) is 8.12. The lowest BCUT2D eigenvalue weighted by atomic mass is 9.81. The van der Waals surface area contributed by atoms with E-state index >= 15 is 0 Å². The summed E-state index contributed by atoms with van der Waals surface area (Å²) in [5.41, 5.74) is 7.62. The molecular weight excluding hydrogens is 514 g/mol. The molecule has 3 aromatic rings. The van der Waals surface area contributed by atoms with Gasteiger partial charge in [0.05, 0.1) is 12.4 Å². The Morgan fingerprint density at radius 1 is 1.19 bits per heavy atom. The number of rotatable bonds is 12. The van der Waals surface area contributed by atoms with Crippen LogP contribution in [0, 0.1) is 6.92 Å². The van der Waals surface area contributed by atoms with E-state index in [1.165, 1.54) is 11.1 Å². The molecule has 1 heterocycles. The van der Waals surface area contributed by atoms with Crippen molar-refractivity contribution in [3.05, 3.63) is 59.2 Å². The van der Waals surface area contributed by atoms with Crippen LogP contribution in [0.1, 0.15) is 50.3 Å². The number of ether oxygens (including phenoxy) is 1. The van der Waals surface area contributed by atoms with Crippen molar-refractivity contribution in [3.63, 3.8) is 0 Å². The van der Waals surface area contributed by atoms with Crippen LogP contribution in [0.3, 0.4) is 0 Å². The first kappa shape index (κ1) is 28.3. The van der Waals surface area contributed by atoms with Crippen molar-refractivity contribution in [1.29, 1.82) is 0 Å². The molecule has 0 radical (unpaired) electrons. The average molecular weight is 548 g/mol. The van der Waals surface area contributed by atoms with Crippen LogP contribution in [0.15, 0.2) is 57.0 Å². The molecule has 3 rings (SSSR count). The van der Waals surface area contributed by atoms with Gasteiger partial charge in [-0.3, -0.25) is 0 Å². The summed E-state index contributed by atoms with van der Waals surface area (Å²) in [6.45, 7) is 9.39. The molecule has 0 fully saturated rings. The predicted octanol–water partition coefficient (Wildman–Crippen LogP) is 4.42. The van der Waals surface area contributed by atoms with E-state index in [-0.39, 0.29) is 17.2 Å². The smallest absolute Gasteiger partial charge is 0.341 e. The van der Waals surface area contributed by atoms with Crippen LogP contribution in [-0.4, -0.2) is 37.7 Å². The lowest BCUT2D eigenvalue weighted by Crippen LogP contribution is -2.39. The summed E-state index contributed by atoms with van der Waals surface area (Å²) in [4.78, 5) is 16.5. The monoisotopic (exact) mass is 547 g/mol. The van der Waals surface area contributed by atoms with E-state index in [1.54, 1.807) is 24.3 Å². The van der Waals surface area contributed by atoms with Crippen LogP contribution >= 0.6 is 12.6 Å². The van der Waals surface area contributed by atoms with E-state index in [0.29, 0.717) is 30.0 Å². The van der Waals surface area contributed by atoms with Crippen molar-refractivity contribution < 1.29 is 22.5 Å². The number of carbonyl (C=O) groups is 1. The fourth-order valence-corrected chi connectivity index (χ4v) is 4.79. The molecule has 0 saturated heterocycles. The Bertz CT molecular complexity index is 1320. The summed E-state index contributed by atoms with van der Waals surface area (Å²) in [7, 11) is -3.84. The van der Waals surface area contributed by atoms with Crippen LogP contribution in [-0.2, 0) is 21.0 Å². The minimum Gasteiger partial charge on any atom is -0.493 e. The normalized spacial score (nSPS) is 11.7. The number of aromatic nitrogens is 2. The highest BCUT2D eigenvalue weighted by Crippen LogP contribution is 2.35. The van der Waals surface area contributed by atoms with Crippen LogP contribution in [0.2, 0.25) is 0 Å². The summed E-state index contributed by atoms with van der Waals surface area (Å²) in [6.07, 6.45) is 1.57. The lowest BCUT2D eigenvalue weighted by molar-refractivity contribution is 0.240. The molecule has 0 aliphatic heterocycles. The quantitative estimate of drug-likeness (QED) is 0.149. The van der Waals surface area contributed by atoms with E-state index in [9.17, 15) is 13.2 Å². The second kappa shape index (κ2) is 12.3. The Kier molecular flexibility index (Phi) is 9.44. The molecule has 0 spiro atoms. The number of nitrogens with one attached hydrogen (secondary N) is 3. The first-order valence-corrected chi connectivity index (χ1v) is 14.0. The Morgan fingerprint density at radius 3 is 2.70 bits per heavy atom. The standard InChI is InChI=1S/C25H33N5O5S2/c1-5-25(3,4)20-14-17(2)10-11-21(20)34-13-7-12-26-22(31)28-29-23-27-24(30-35-23)37(32,33)16-18-8-6-9-19(36)15-18/h6,8-11,14-15,36H,5,7,12-13,16H2,1-4H3,(H2,26,28,31)(H,27,29,30). The topological polar surface area (TPSA) is 135 Å². The molecule has 0 saturated carbocycles. The number of urea groups is 1. The Hall–Kier alpha value is -3.25. The Morgan fingerprint density at radius 2 is 1.97 bits per heavy atom. The SMILES string of the molecule is CCC(C)(C)c1cc(C)ccc1OCCCNC(=O)NNc1nc(S(=O)(=O)Cc2cccc(S)c2)no1. The van der Waals surface area contributed by atoms with E-state index in [4.69, 9.17) is 9.26 Å². The Labute approximate surface area is 222 Å².